The van der Waals surface area contributed by atoms with Gasteiger partial charge in [0.1, 0.15) is 6.10 Å². The van der Waals surface area contributed by atoms with Crippen LogP contribution in [0.1, 0.15) is 52.9 Å². The molecule has 1 fully saturated rings. The lowest BCUT2D eigenvalue weighted by Gasteiger charge is -2.26. The summed E-state index contributed by atoms with van der Waals surface area (Å²) < 4.78 is 10.5. The first-order valence-electron chi connectivity index (χ1n) is 6.39. The zero-order valence-electron chi connectivity index (χ0n) is 11.4. The molecule has 0 heterocycles. The standard InChI is InChI=1S/C14H24O3/c1-14(2,3)12(10-16-4)13(15)17-11-8-6-5-7-9-11/h10-11H,5-9H2,1-4H3. The first-order valence-corrected chi connectivity index (χ1v) is 6.39. The molecule has 0 bridgehead atoms. The topological polar surface area (TPSA) is 35.5 Å². The van der Waals surface area contributed by atoms with E-state index in [0.29, 0.717) is 5.57 Å². The van der Waals surface area contributed by atoms with Crippen molar-refractivity contribution in [3.8, 4) is 0 Å². The molecular formula is C14H24O3. The normalized spacial score (nSPS) is 18.9. The Morgan fingerprint density at radius 1 is 1.18 bits per heavy atom. The van der Waals surface area contributed by atoms with Crippen molar-refractivity contribution in [3.63, 3.8) is 0 Å². The van der Waals surface area contributed by atoms with Crippen molar-refractivity contribution >= 4 is 5.97 Å². The molecule has 0 amide bonds. The van der Waals surface area contributed by atoms with Crippen LogP contribution < -0.4 is 0 Å². The second-order valence-corrected chi connectivity index (χ2v) is 5.68. The van der Waals surface area contributed by atoms with E-state index >= 15 is 0 Å². The number of methoxy groups -OCH3 is 1. The molecule has 0 aromatic rings. The molecule has 0 N–H and O–H groups in total. The quantitative estimate of drug-likeness (QED) is 0.430. The minimum Gasteiger partial charge on any atom is -0.504 e. The van der Waals surface area contributed by atoms with Gasteiger partial charge in [0, 0.05) is 0 Å². The third kappa shape index (κ3) is 4.41. The molecule has 17 heavy (non-hydrogen) atoms. The highest BCUT2D eigenvalue weighted by molar-refractivity contribution is 5.89. The summed E-state index contributed by atoms with van der Waals surface area (Å²) in [7, 11) is 1.56. The van der Waals surface area contributed by atoms with Gasteiger partial charge in [-0.25, -0.2) is 4.79 Å². The van der Waals surface area contributed by atoms with E-state index in [1.807, 2.05) is 20.8 Å². The Morgan fingerprint density at radius 2 is 1.76 bits per heavy atom. The van der Waals surface area contributed by atoms with E-state index in [-0.39, 0.29) is 17.5 Å². The monoisotopic (exact) mass is 240 g/mol. The van der Waals surface area contributed by atoms with E-state index in [4.69, 9.17) is 9.47 Å². The summed E-state index contributed by atoms with van der Waals surface area (Å²) in [4.78, 5) is 12.1. The SMILES string of the molecule is COC=C(C(=O)OC1CCCCC1)C(C)(C)C. The summed E-state index contributed by atoms with van der Waals surface area (Å²) in [5.74, 6) is -0.230. The van der Waals surface area contributed by atoms with Gasteiger partial charge in [0.25, 0.3) is 0 Å². The lowest BCUT2D eigenvalue weighted by atomic mass is 9.87. The summed E-state index contributed by atoms with van der Waals surface area (Å²) in [6.07, 6.45) is 7.18. The maximum atomic E-state index is 12.1. The van der Waals surface area contributed by atoms with Gasteiger partial charge in [0.15, 0.2) is 0 Å². The first-order chi connectivity index (χ1) is 7.95. The van der Waals surface area contributed by atoms with Crippen LogP contribution in [-0.4, -0.2) is 19.2 Å². The molecule has 0 atom stereocenters. The second kappa shape index (κ2) is 6.08. The fourth-order valence-electron chi connectivity index (χ4n) is 2.05. The van der Waals surface area contributed by atoms with Crippen molar-refractivity contribution in [1.82, 2.24) is 0 Å². The van der Waals surface area contributed by atoms with Crippen LogP contribution in [-0.2, 0) is 14.3 Å². The zero-order chi connectivity index (χ0) is 12.9. The number of esters is 1. The highest BCUT2D eigenvalue weighted by Gasteiger charge is 2.28. The minimum absolute atomic E-state index is 0.0962. The Morgan fingerprint density at radius 3 is 2.24 bits per heavy atom. The van der Waals surface area contributed by atoms with E-state index in [0.717, 1.165) is 25.7 Å². The van der Waals surface area contributed by atoms with Gasteiger partial charge in [-0.1, -0.05) is 27.2 Å². The molecule has 1 saturated carbocycles. The Labute approximate surface area is 104 Å². The fraction of sp³-hybridized carbons (Fsp3) is 0.786. The van der Waals surface area contributed by atoms with Crippen LogP contribution in [0.3, 0.4) is 0 Å². The smallest absolute Gasteiger partial charge is 0.337 e. The third-order valence-corrected chi connectivity index (χ3v) is 3.09. The molecule has 0 saturated heterocycles. The molecule has 98 valence electrons. The Kier molecular flexibility index (Phi) is 5.03. The van der Waals surface area contributed by atoms with E-state index < -0.39 is 0 Å². The molecular weight excluding hydrogens is 216 g/mol. The third-order valence-electron chi connectivity index (χ3n) is 3.09. The van der Waals surface area contributed by atoms with Crippen molar-refractivity contribution in [2.45, 2.75) is 59.0 Å². The summed E-state index contributed by atoms with van der Waals surface area (Å²) in [5.41, 5.74) is 0.354. The van der Waals surface area contributed by atoms with Gasteiger partial charge in [0.05, 0.1) is 18.9 Å². The summed E-state index contributed by atoms with van der Waals surface area (Å²) in [6, 6.07) is 0. The number of ether oxygens (including phenoxy) is 2. The molecule has 0 aromatic carbocycles. The fourth-order valence-corrected chi connectivity index (χ4v) is 2.05. The van der Waals surface area contributed by atoms with Crippen LogP contribution in [0.2, 0.25) is 0 Å². The lowest BCUT2D eigenvalue weighted by molar-refractivity contribution is -0.147. The molecule has 1 aliphatic rings. The molecule has 3 heteroatoms. The van der Waals surface area contributed by atoms with Gasteiger partial charge in [-0.3, -0.25) is 0 Å². The lowest BCUT2D eigenvalue weighted by Crippen LogP contribution is -2.26. The first kappa shape index (κ1) is 14.1. The number of hydrogen-bond donors (Lipinski definition) is 0. The highest BCUT2D eigenvalue weighted by atomic mass is 16.5. The van der Waals surface area contributed by atoms with E-state index in [9.17, 15) is 4.79 Å². The van der Waals surface area contributed by atoms with E-state index in [1.165, 1.54) is 12.7 Å². The molecule has 0 spiro atoms. The Bertz CT molecular complexity index is 280. The summed E-state index contributed by atoms with van der Waals surface area (Å²) in [6.45, 7) is 5.96. The molecule has 0 aliphatic heterocycles. The van der Waals surface area contributed by atoms with Crippen LogP contribution in [0.15, 0.2) is 11.8 Å². The second-order valence-electron chi connectivity index (χ2n) is 5.68. The average Bonchev–Trinajstić information content (AvgIpc) is 2.25. The van der Waals surface area contributed by atoms with Crippen LogP contribution in [0.25, 0.3) is 0 Å². The highest BCUT2D eigenvalue weighted by Crippen LogP contribution is 2.28. The van der Waals surface area contributed by atoms with Gasteiger partial charge in [-0.15, -0.1) is 0 Å². The number of carbonyl (C=O) groups is 1. The summed E-state index contributed by atoms with van der Waals surface area (Å²) in [5, 5.41) is 0. The molecule has 1 rings (SSSR count). The zero-order valence-corrected chi connectivity index (χ0v) is 11.4. The van der Waals surface area contributed by atoms with Gasteiger partial charge in [-0.2, -0.15) is 0 Å². The number of carbonyl (C=O) groups excluding carboxylic acids is 1. The minimum atomic E-state index is -0.248. The predicted molar refractivity (Wildman–Crippen MR) is 67.5 cm³/mol. The van der Waals surface area contributed by atoms with Gasteiger partial charge in [-0.05, 0) is 31.1 Å². The van der Waals surface area contributed by atoms with Gasteiger partial charge >= 0.3 is 5.97 Å². The molecule has 1 aliphatic carbocycles. The average molecular weight is 240 g/mol. The van der Waals surface area contributed by atoms with Crippen molar-refractivity contribution in [2.75, 3.05) is 7.11 Å². The maximum absolute atomic E-state index is 12.1. The van der Waals surface area contributed by atoms with Crippen molar-refractivity contribution in [3.05, 3.63) is 11.8 Å². The number of hydrogen-bond acceptors (Lipinski definition) is 3. The van der Waals surface area contributed by atoms with Crippen LogP contribution in [0.5, 0.6) is 0 Å². The molecule has 0 aromatic heterocycles. The molecule has 3 nitrogen and oxygen atoms in total. The Balaban J connectivity index is 2.62. The number of rotatable bonds is 3. The van der Waals surface area contributed by atoms with Crippen LogP contribution >= 0.6 is 0 Å². The van der Waals surface area contributed by atoms with Crippen molar-refractivity contribution in [1.29, 1.82) is 0 Å². The summed E-state index contributed by atoms with van der Waals surface area (Å²) >= 11 is 0. The maximum Gasteiger partial charge on any atom is 0.337 e. The Hall–Kier alpha value is -0.990. The van der Waals surface area contributed by atoms with Gasteiger partial charge < -0.3 is 9.47 Å². The van der Waals surface area contributed by atoms with Crippen LogP contribution in [0.4, 0.5) is 0 Å². The van der Waals surface area contributed by atoms with Crippen molar-refractivity contribution < 1.29 is 14.3 Å². The van der Waals surface area contributed by atoms with E-state index in [1.54, 1.807) is 7.11 Å². The predicted octanol–water partition coefficient (Wildman–Crippen LogP) is 3.44. The molecule has 0 radical (unpaired) electrons. The van der Waals surface area contributed by atoms with Crippen LogP contribution in [0, 0.1) is 5.41 Å². The largest absolute Gasteiger partial charge is 0.504 e. The van der Waals surface area contributed by atoms with E-state index in [2.05, 4.69) is 0 Å². The van der Waals surface area contributed by atoms with Gasteiger partial charge in [0.2, 0.25) is 0 Å². The molecule has 0 unspecified atom stereocenters. The van der Waals surface area contributed by atoms with Crippen molar-refractivity contribution in [2.24, 2.45) is 5.41 Å².